The van der Waals surface area contributed by atoms with Crippen LogP contribution in [-0.2, 0) is 0 Å². The Morgan fingerprint density at radius 1 is 0.457 bits per heavy atom. The molecule has 46 heavy (non-hydrogen) atoms. The van der Waals surface area contributed by atoms with E-state index < -0.39 is 18.0 Å². The molecule has 9 aromatic rings. The summed E-state index contributed by atoms with van der Waals surface area (Å²) < 4.78 is 17.9. The maximum absolute atomic E-state index is 6.19. The number of halogens is 1. The van der Waals surface area contributed by atoms with E-state index in [1.807, 2.05) is 12.1 Å². The second-order valence-electron chi connectivity index (χ2n) is 12.0. The number of aromatic nitrogens is 1. The number of furan rings is 1. The third-order valence-electron chi connectivity index (χ3n) is 9.56. The first-order valence-corrected chi connectivity index (χ1v) is 20.3. The van der Waals surface area contributed by atoms with Gasteiger partial charge in [0.15, 0.2) is 0 Å². The molecule has 0 amide bonds. The van der Waals surface area contributed by atoms with E-state index in [0.717, 1.165) is 16.6 Å². The molecule has 0 N–H and O–H groups in total. The van der Waals surface area contributed by atoms with Crippen LogP contribution in [0.25, 0.3) is 71.7 Å². The van der Waals surface area contributed by atoms with Crippen molar-refractivity contribution in [3.05, 3.63) is 168 Å². The fraction of sp³-hybridized carbons (Fsp3) is 0. The van der Waals surface area contributed by atoms with Crippen molar-refractivity contribution in [2.45, 2.75) is 0 Å². The zero-order chi connectivity index (χ0) is 30.4. The van der Waals surface area contributed by atoms with Crippen LogP contribution in [0.2, 0.25) is 0 Å². The van der Waals surface area contributed by atoms with E-state index in [1.54, 1.807) is 0 Å². The molecule has 1 aliphatic rings. The fourth-order valence-electron chi connectivity index (χ4n) is 7.40. The molecule has 0 fully saturated rings. The van der Waals surface area contributed by atoms with Crippen molar-refractivity contribution in [2.24, 2.45) is 0 Å². The molecule has 3 heteroatoms. The molecular formula is C43H28INO. The topological polar surface area (TPSA) is 18.1 Å². The summed E-state index contributed by atoms with van der Waals surface area (Å²) in [5.74, 6) is 0. The molecule has 0 aliphatic carbocycles. The summed E-state index contributed by atoms with van der Waals surface area (Å²) in [6.45, 7) is 0. The summed E-state index contributed by atoms with van der Waals surface area (Å²) in [5.41, 5.74) is 10.6. The van der Waals surface area contributed by atoms with Crippen molar-refractivity contribution >= 4 is 66.2 Å². The summed E-state index contributed by atoms with van der Waals surface area (Å²) in [5, 5.41) is 4.87. The molecule has 1 unspecified atom stereocenters. The average Bonchev–Trinajstić information content (AvgIpc) is 3.74. The number of hydrogen-bond acceptors (Lipinski definition) is 1. The van der Waals surface area contributed by atoms with Gasteiger partial charge in [0.2, 0.25) is 0 Å². The van der Waals surface area contributed by atoms with Crippen LogP contribution in [0.3, 0.4) is 0 Å². The van der Waals surface area contributed by atoms with Gasteiger partial charge in [-0.3, -0.25) is 0 Å². The summed E-state index contributed by atoms with van der Waals surface area (Å²) in [4.78, 5) is 0. The molecule has 1 aliphatic heterocycles. The zero-order valence-corrected chi connectivity index (χ0v) is 27.1. The van der Waals surface area contributed by atoms with Crippen LogP contribution < -0.4 is 0 Å². The SMILES string of the molecule is C=I1(c2ccc3oc4ccccc4c3c2)c2ccccc2-c2cc(-c3ccc4c(c3)c3ccccc3n4-c3ccccc3)ccc21. The van der Waals surface area contributed by atoms with Crippen LogP contribution in [0.5, 0.6) is 0 Å². The summed E-state index contributed by atoms with van der Waals surface area (Å²) in [7, 11) is 0. The maximum atomic E-state index is 6.19. The van der Waals surface area contributed by atoms with Crippen LogP contribution in [0, 0.1) is 10.7 Å². The Hall–Kier alpha value is -5.26. The Morgan fingerprint density at radius 2 is 1.13 bits per heavy atom. The first kappa shape index (κ1) is 26.0. The molecule has 0 spiro atoms. The predicted octanol–water partition coefficient (Wildman–Crippen LogP) is 11.7. The van der Waals surface area contributed by atoms with E-state index in [-0.39, 0.29) is 0 Å². The van der Waals surface area contributed by atoms with Crippen molar-refractivity contribution < 1.29 is 4.42 Å². The van der Waals surface area contributed by atoms with Gasteiger partial charge in [0.25, 0.3) is 0 Å². The molecule has 218 valence electrons. The minimum absolute atomic E-state index is 0.931. The van der Waals surface area contributed by atoms with Gasteiger partial charge in [-0.15, -0.1) is 0 Å². The van der Waals surface area contributed by atoms with Crippen LogP contribution >= 0.6 is 18.0 Å². The number of benzene rings is 7. The van der Waals surface area contributed by atoms with Gasteiger partial charge >= 0.3 is 266 Å². The molecule has 1 atom stereocenters. The third kappa shape index (κ3) is 3.55. The Balaban J connectivity index is 1.16. The number of nitrogens with zero attached hydrogens (tertiary/aromatic N) is 1. The molecule has 2 nitrogen and oxygen atoms in total. The molecule has 0 radical (unpaired) electrons. The molecule has 7 aromatic carbocycles. The van der Waals surface area contributed by atoms with E-state index in [4.69, 9.17) is 8.93 Å². The van der Waals surface area contributed by atoms with E-state index in [0.29, 0.717) is 0 Å². The number of rotatable bonds is 3. The number of fused-ring (bicyclic) bond motifs is 9. The third-order valence-corrected chi connectivity index (χ3v) is 18.2. The molecule has 10 rings (SSSR count). The predicted molar refractivity (Wildman–Crippen MR) is 203 cm³/mol. The van der Waals surface area contributed by atoms with Crippen LogP contribution in [-0.4, -0.2) is 9.08 Å². The van der Waals surface area contributed by atoms with Crippen molar-refractivity contribution in [3.8, 4) is 27.9 Å². The Labute approximate surface area is 270 Å². The normalized spacial score (nSPS) is 17.0. The first-order valence-electron chi connectivity index (χ1n) is 15.5. The van der Waals surface area contributed by atoms with Gasteiger partial charge in [0.05, 0.1) is 0 Å². The van der Waals surface area contributed by atoms with Crippen LogP contribution in [0.4, 0.5) is 0 Å². The minimum atomic E-state index is -3.10. The van der Waals surface area contributed by atoms with E-state index in [1.165, 1.54) is 65.8 Å². The van der Waals surface area contributed by atoms with E-state index in [9.17, 15) is 0 Å². The fourth-order valence-corrected chi connectivity index (χ4v) is 15.5. The Bertz CT molecular complexity index is 2730. The van der Waals surface area contributed by atoms with Gasteiger partial charge in [-0.25, -0.2) is 0 Å². The Kier molecular flexibility index (Phi) is 5.44. The van der Waals surface area contributed by atoms with Gasteiger partial charge in [-0.1, -0.05) is 6.07 Å². The Morgan fingerprint density at radius 3 is 2.04 bits per heavy atom. The second-order valence-corrected chi connectivity index (χ2v) is 19.5. The molecule has 2 aromatic heterocycles. The molecule has 0 saturated carbocycles. The van der Waals surface area contributed by atoms with Gasteiger partial charge in [0, 0.05) is 0 Å². The van der Waals surface area contributed by atoms with Crippen molar-refractivity contribution in [1.82, 2.24) is 4.57 Å². The van der Waals surface area contributed by atoms with Crippen molar-refractivity contribution in [1.29, 1.82) is 0 Å². The van der Waals surface area contributed by atoms with Gasteiger partial charge in [0.1, 0.15) is 0 Å². The zero-order valence-electron chi connectivity index (χ0n) is 25.0. The van der Waals surface area contributed by atoms with E-state index >= 15 is 0 Å². The summed E-state index contributed by atoms with van der Waals surface area (Å²) in [6.07, 6.45) is 0. The van der Waals surface area contributed by atoms with Gasteiger partial charge in [-0.2, -0.15) is 0 Å². The molecular weight excluding hydrogens is 673 g/mol. The van der Waals surface area contributed by atoms with E-state index in [2.05, 4.69) is 150 Å². The molecule has 3 heterocycles. The number of hydrogen-bond donors (Lipinski definition) is 0. The summed E-state index contributed by atoms with van der Waals surface area (Å²) >= 11 is -3.10. The summed E-state index contributed by atoms with van der Waals surface area (Å²) in [6, 6.07) is 57.5. The molecule has 0 saturated heterocycles. The van der Waals surface area contributed by atoms with Gasteiger partial charge in [-0.05, 0) is 0 Å². The van der Waals surface area contributed by atoms with Crippen LogP contribution in [0.15, 0.2) is 162 Å². The molecule has 0 bridgehead atoms. The first-order chi connectivity index (χ1) is 22.7. The number of para-hydroxylation sites is 3. The second kappa shape index (κ2) is 9.62. The quantitative estimate of drug-likeness (QED) is 0.168. The van der Waals surface area contributed by atoms with Crippen LogP contribution in [0.1, 0.15) is 0 Å². The van der Waals surface area contributed by atoms with Gasteiger partial charge < -0.3 is 0 Å². The monoisotopic (exact) mass is 701 g/mol. The average molecular weight is 702 g/mol. The van der Waals surface area contributed by atoms with Crippen molar-refractivity contribution in [2.75, 3.05) is 0 Å². The standard InChI is InChI=1S/C43H28INO/c1-44(30-21-24-43-37(27-30)34-15-7-10-18-42(34)46-43)38-16-8-5-13-32(38)35-25-28(19-22-39(35)44)29-20-23-41-36(26-29)33-14-6-9-17-40(33)45(41)31-11-3-2-4-12-31/h2-27H,1H2. The van der Waals surface area contributed by atoms with Crippen molar-refractivity contribution in [3.63, 3.8) is 0 Å².